The number of nitrogens with two attached hydrogens (primary N) is 1. The number of hydrogen-bond acceptors (Lipinski definition) is 3. The van der Waals surface area contributed by atoms with Crippen LogP contribution < -0.4 is 10.5 Å². The Morgan fingerprint density at radius 3 is 2.79 bits per heavy atom. The number of anilines is 1. The molecule has 19 heavy (non-hydrogen) atoms. The Kier molecular flexibility index (Phi) is 2.91. The van der Waals surface area contributed by atoms with Crippen molar-refractivity contribution in [2.24, 2.45) is 0 Å². The number of methoxy groups -OCH3 is 1. The third kappa shape index (κ3) is 2.17. The van der Waals surface area contributed by atoms with Crippen LogP contribution in [0, 0.1) is 0 Å². The van der Waals surface area contributed by atoms with Gasteiger partial charge in [-0.1, -0.05) is 15.9 Å². The molecule has 1 heterocycles. The summed E-state index contributed by atoms with van der Waals surface area (Å²) < 4.78 is 6.15. The van der Waals surface area contributed by atoms with Gasteiger partial charge in [0.05, 0.1) is 18.1 Å². The number of aromatic amines is 1. The maximum absolute atomic E-state index is 6.02. The van der Waals surface area contributed by atoms with Gasteiger partial charge in [0, 0.05) is 21.8 Å². The molecule has 4 nitrogen and oxygen atoms in total. The molecule has 0 aliphatic heterocycles. The topological polar surface area (TPSA) is 63.9 Å². The highest BCUT2D eigenvalue weighted by Crippen LogP contribution is 2.29. The zero-order valence-electron chi connectivity index (χ0n) is 10.3. The molecule has 0 aliphatic rings. The van der Waals surface area contributed by atoms with Crippen molar-refractivity contribution in [3.05, 3.63) is 40.9 Å². The fraction of sp³-hybridized carbons (Fsp3) is 0.0714. The van der Waals surface area contributed by atoms with Gasteiger partial charge in [-0.25, -0.2) is 4.98 Å². The van der Waals surface area contributed by atoms with Crippen molar-refractivity contribution < 1.29 is 4.74 Å². The average molecular weight is 318 g/mol. The largest absolute Gasteiger partial charge is 0.497 e. The summed E-state index contributed by atoms with van der Waals surface area (Å²) in [6.07, 6.45) is 0. The van der Waals surface area contributed by atoms with E-state index in [4.69, 9.17) is 10.5 Å². The van der Waals surface area contributed by atoms with Crippen LogP contribution in [0.1, 0.15) is 0 Å². The highest BCUT2D eigenvalue weighted by Gasteiger charge is 2.09. The Hall–Kier alpha value is -2.01. The molecule has 0 unspecified atom stereocenters. The molecule has 0 atom stereocenters. The van der Waals surface area contributed by atoms with Crippen molar-refractivity contribution in [3.63, 3.8) is 0 Å². The molecular weight excluding hydrogens is 306 g/mol. The first-order valence-corrected chi connectivity index (χ1v) is 6.56. The van der Waals surface area contributed by atoms with Gasteiger partial charge in [0.25, 0.3) is 0 Å². The van der Waals surface area contributed by atoms with Crippen molar-refractivity contribution in [1.82, 2.24) is 9.97 Å². The number of imidazole rings is 1. The zero-order valence-corrected chi connectivity index (χ0v) is 11.9. The molecule has 0 aliphatic carbocycles. The Morgan fingerprint density at radius 1 is 1.21 bits per heavy atom. The first-order chi connectivity index (χ1) is 9.17. The van der Waals surface area contributed by atoms with Gasteiger partial charge >= 0.3 is 0 Å². The van der Waals surface area contributed by atoms with Crippen molar-refractivity contribution in [2.75, 3.05) is 12.8 Å². The summed E-state index contributed by atoms with van der Waals surface area (Å²) in [4.78, 5) is 7.80. The first-order valence-electron chi connectivity index (χ1n) is 5.76. The lowest BCUT2D eigenvalue weighted by molar-refractivity contribution is 0.415. The van der Waals surface area contributed by atoms with Gasteiger partial charge in [0.15, 0.2) is 0 Å². The van der Waals surface area contributed by atoms with E-state index >= 15 is 0 Å². The average Bonchev–Trinajstić information content (AvgIpc) is 2.80. The second-order valence-electron chi connectivity index (χ2n) is 4.20. The fourth-order valence-corrected chi connectivity index (χ4v) is 2.37. The second-order valence-corrected chi connectivity index (χ2v) is 5.12. The SMILES string of the molecule is COc1ccc2nc(-c3ccc(Br)cc3N)[nH]c2c1. The number of benzene rings is 2. The molecular formula is C14H12BrN3O. The van der Waals surface area contributed by atoms with Gasteiger partial charge in [-0.15, -0.1) is 0 Å². The van der Waals surface area contributed by atoms with E-state index in [1.54, 1.807) is 7.11 Å². The number of ether oxygens (including phenoxy) is 1. The highest BCUT2D eigenvalue weighted by atomic mass is 79.9. The Labute approximate surface area is 118 Å². The van der Waals surface area contributed by atoms with Crippen LogP contribution in [0.25, 0.3) is 22.4 Å². The third-order valence-electron chi connectivity index (χ3n) is 2.96. The molecule has 0 spiro atoms. The van der Waals surface area contributed by atoms with Crippen LogP contribution >= 0.6 is 15.9 Å². The lowest BCUT2D eigenvalue weighted by atomic mass is 10.2. The number of hydrogen-bond donors (Lipinski definition) is 2. The number of rotatable bonds is 2. The Bertz CT molecular complexity index is 752. The van der Waals surface area contributed by atoms with E-state index in [2.05, 4.69) is 25.9 Å². The van der Waals surface area contributed by atoms with E-state index in [-0.39, 0.29) is 0 Å². The number of H-pyrrole nitrogens is 1. The van der Waals surface area contributed by atoms with E-state index in [9.17, 15) is 0 Å². The monoisotopic (exact) mass is 317 g/mol. The standard InChI is InChI=1S/C14H12BrN3O/c1-19-9-3-5-12-13(7-9)18-14(17-12)10-4-2-8(15)6-11(10)16/h2-7H,16H2,1H3,(H,17,18). The number of aromatic nitrogens is 2. The van der Waals surface area contributed by atoms with Crippen LogP contribution in [0.4, 0.5) is 5.69 Å². The third-order valence-corrected chi connectivity index (χ3v) is 3.45. The van der Waals surface area contributed by atoms with E-state index in [1.165, 1.54) is 0 Å². The maximum Gasteiger partial charge on any atom is 0.140 e. The zero-order chi connectivity index (χ0) is 13.4. The van der Waals surface area contributed by atoms with E-state index in [1.807, 2.05) is 36.4 Å². The molecule has 1 aromatic heterocycles. The predicted molar refractivity (Wildman–Crippen MR) is 80.2 cm³/mol. The molecule has 96 valence electrons. The molecule has 3 rings (SSSR count). The quantitative estimate of drug-likeness (QED) is 0.710. The molecule has 3 aromatic rings. The molecule has 0 amide bonds. The minimum atomic E-state index is 0.681. The second kappa shape index (κ2) is 4.59. The van der Waals surface area contributed by atoms with E-state index < -0.39 is 0 Å². The lowest BCUT2D eigenvalue weighted by Crippen LogP contribution is -1.91. The predicted octanol–water partition coefficient (Wildman–Crippen LogP) is 3.58. The normalized spacial score (nSPS) is 10.8. The van der Waals surface area contributed by atoms with Crippen molar-refractivity contribution in [2.45, 2.75) is 0 Å². The minimum Gasteiger partial charge on any atom is -0.497 e. The van der Waals surface area contributed by atoms with E-state index in [0.717, 1.165) is 32.6 Å². The fourth-order valence-electron chi connectivity index (χ4n) is 1.99. The molecule has 5 heteroatoms. The summed E-state index contributed by atoms with van der Waals surface area (Å²) in [6, 6.07) is 11.5. The van der Waals surface area contributed by atoms with Gasteiger partial charge in [0.1, 0.15) is 11.6 Å². The first kappa shape index (κ1) is 12.0. The van der Waals surface area contributed by atoms with Crippen LogP contribution in [0.2, 0.25) is 0 Å². The molecule has 0 radical (unpaired) electrons. The number of nitrogens with one attached hydrogen (secondary N) is 1. The number of fused-ring (bicyclic) bond motifs is 1. The Balaban J connectivity index is 2.14. The summed E-state index contributed by atoms with van der Waals surface area (Å²) in [5.41, 5.74) is 9.40. The van der Waals surface area contributed by atoms with Gasteiger partial charge in [0.2, 0.25) is 0 Å². The molecule has 3 N–H and O–H groups in total. The van der Waals surface area contributed by atoms with Crippen LogP contribution in [-0.2, 0) is 0 Å². The van der Waals surface area contributed by atoms with E-state index in [0.29, 0.717) is 5.69 Å². The molecule has 0 saturated carbocycles. The highest BCUT2D eigenvalue weighted by molar-refractivity contribution is 9.10. The summed E-state index contributed by atoms with van der Waals surface area (Å²) >= 11 is 3.40. The van der Waals surface area contributed by atoms with Crippen molar-refractivity contribution in [1.29, 1.82) is 0 Å². The molecule has 2 aromatic carbocycles. The minimum absolute atomic E-state index is 0.681. The molecule has 0 saturated heterocycles. The van der Waals surface area contributed by atoms with Crippen LogP contribution in [0.3, 0.4) is 0 Å². The number of nitrogens with zero attached hydrogens (tertiary/aromatic N) is 1. The van der Waals surface area contributed by atoms with Crippen LogP contribution in [0.5, 0.6) is 5.75 Å². The van der Waals surface area contributed by atoms with Gasteiger partial charge in [-0.3, -0.25) is 0 Å². The summed E-state index contributed by atoms with van der Waals surface area (Å²) in [6.45, 7) is 0. The lowest BCUT2D eigenvalue weighted by Gasteiger charge is -2.02. The molecule has 0 bridgehead atoms. The van der Waals surface area contributed by atoms with Gasteiger partial charge < -0.3 is 15.5 Å². The number of halogens is 1. The van der Waals surface area contributed by atoms with Crippen molar-refractivity contribution in [3.8, 4) is 17.1 Å². The number of nitrogen functional groups attached to an aromatic ring is 1. The summed E-state index contributed by atoms with van der Waals surface area (Å²) in [5.74, 6) is 1.56. The summed E-state index contributed by atoms with van der Waals surface area (Å²) in [5, 5.41) is 0. The van der Waals surface area contributed by atoms with Crippen LogP contribution in [-0.4, -0.2) is 17.1 Å². The van der Waals surface area contributed by atoms with Crippen molar-refractivity contribution >= 4 is 32.7 Å². The maximum atomic E-state index is 6.02. The Morgan fingerprint density at radius 2 is 2.05 bits per heavy atom. The van der Waals surface area contributed by atoms with Gasteiger partial charge in [-0.05, 0) is 30.3 Å². The summed E-state index contributed by atoms with van der Waals surface area (Å²) in [7, 11) is 1.64. The molecule has 0 fully saturated rings. The van der Waals surface area contributed by atoms with Crippen LogP contribution in [0.15, 0.2) is 40.9 Å². The van der Waals surface area contributed by atoms with Gasteiger partial charge in [-0.2, -0.15) is 0 Å². The smallest absolute Gasteiger partial charge is 0.140 e.